The number of primary amides is 1. The SMILES string of the molecule is COc1cncc(C(O)C(O)CC(N)=O)c1. The Hall–Kier alpha value is -1.66. The topological polar surface area (TPSA) is 106 Å². The Morgan fingerprint density at radius 3 is 2.81 bits per heavy atom. The van der Waals surface area contributed by atoms with Crippen molar-refractivity contribution in [2.24, 2.45) is 5.73 Å². The highest BCUT2D eigenvalue weighted by molar-refractivity contribution is 5.74. The molecule has 2 unspecified atom stereocenters. The number of nitrogens with two attached hydrogens (primary N) is 1. The lowest BCUT2D eigenvalue weighted by Gasteiger charge is -2.16. The number of aliphatic hydroxyl groups is 2. The third kappa shape index (κ3) is 3.18. The summed E-state index contributed by atoms with van der Waals surface area (Å²) in [5.74, 6) is -0.217. The van der Waals surface area contributed by atoms with Crippen molar-refractivity contribution < 1.29 is 19.7 Å². The predicted molar refractivity (Wildman–Crippen MR) is 55.6 cm³/mol. The molecule has 1 rings (SSSR count). The molecular formula is C10H14N2O4. The van der Waals surface area contributed by atoms with Gasteiger partial charge in [0, 0.05) is 11.8 Å². The van der Waals surface area contributed by atoms with Gasteiger partial charge in [0.15, 0.2) is 0 Å². The molecule has 1 aromatic rings. The molecule has 1 aromatic heterocycles. The molecule has 0 aliphatic carbocycles. The number of carbonyl (C=O) groups is 1. The summed E-state index contributed by atoms with van der Waals surface area (Å²) < 4.78 is 4.92. The zero-order chi connectivity index (χ0) is 12.1. The highest BCUT2D eigenvalue weighted by Crippen LogP contribution is 2.21. The second kappa shape index (κ2) is 5.43. The quantitative estimate of drug-likeness (QED) is 0.619. The van der Waals surface area contributed by atoms with Crippen LogP contribution in [0.2, 0.25) is 0 Å². The van der Waals surface area contributed by atoms with Crippen LogP contribution in [-0.2, 0) is 4.79 Å². The maximum absolute atomic E-state index is 10.6. The van der Waals surface area contributed by atoms with Crippen molar-refractivity contribution in [3.63, 3.8) is 0 Å². The molecule has 1 heterocycles. The number of hydrogen-bond donors (Lipinski definition) is 3. The van der Waals surface area contributed by atoms with Gasteiger partial charge in [-0.25, -0.2) is 0 Å². The Labute approximate surface area is 92.7 Å². The molecule has 16 heavy (non-hydrogen) atoms. The molecule has 0 fully saturated rings. The first-order chi connectivity index (χ1) is 7.54. The Bertz CT molecular complexity index is 370. The van der Waals surface area contributed by atoms with Gasteiger partial charge >= 0.3 is 0 Å². The van der Waals surface area contributed by atoms with Crippen LogP contribution in [0.25, 0.3) is 0 Å². The fraction of sp³-hybridized carbons (Fsp3) is 0.400. The number of ether oxygens (including phenoxy) is 1. The monoisotopic (exact) mass is 226 g/mol. The number of aliphatic hydroxyl groups excluding tert-OH is 2. The van der Waals surface area contributed by atoms with Crippen molar-refractivity contribution in [1.82, 2.24) is 4.98 Å². The maximum Gasteiger partial charge on any atom is 0.220 e. The minimum Gasteiger partial charge on any atom is -0.495 e. The summed E-state index contributed by atoms with van der Waals surface area (Å²) in [7, 11) is 1.47. The van der Waals surface area contributed by atoms with Crippen LogP contribution in [0, 0.1) is 0 Å². The Morgan fingerprint density at radius 2 is 2.25 bits per heavy atom. The number of carbonyl (C=O) groups excluding carboxylic acids is 1. The molecule has 0 saturated heterocycles. The molecule has 6 nitrogen and oxygen atoms in total. The molecule has 1 amide bonds. The van der Waals surface area contributed by atoms with Gasteiger partial charge in [-0.3, -0.25) is 9.78 Å². The van der Waals surface area contributed by atoms with Crippen LogP contribution in [0.15, 0.2) is 18.5 Å². The number of pyridine rings is 1. The summed E-state index contributed by atoms with van der Waals surface area (Å²) in [5, 5.41) is 19.2. The van der Waals surface area contributed by atoms with Crippen molar-refractivity contribution in [2.45, 2.75) is 18.6 Å². The van der Waals surface area contributed by atoms with Gasteiger partial charge in [-0.15, -0.1) is 0 Å². The van der Waals surface area contributed by atoms with Gasteiger partial charge in [0.2, 0.25) is 5.91 Å². The van der Waals surface area contributed by atoms with Crippen molar-refractivity contribution >= 4 is 5.91 Å². The van der Waals surface area contributed by atoms with Crippen molar-refractivity contribution in [3.05, 3.63) is 24.0 Å². The summed E-state index contributed by atoms with van der Waals surface area (Å²) in [5.41, 5.74) is 5.28. The molecule has 2 atom stereocenters. The number of nitrogens with zero attached hydrogens (tertiary/aromatic N) is 1. The zero-order valence-corrected chi connectivity index (χ0v) is 8.83. The summed E-state index contributed by atoms with van der Waals surface area (Å²) >= 11 is 0. The molecule has 0 aromatic carbocycles. The number of aromatic nitrogens is 1. The van der Waals surface area contributed by atoms with E-state index in [4.69, 9.17) is 10.5 Å². The van der Waals surface area contributed by atoms with E-state index in [-0.39, 0.29) is 6.42 Å². The minimum absolute atomic E-state index is 0.307. The van der Waals surface area contributed by atoms with Gasteiger partial charge in [-0.1, -0.05) is 0 Å². The van der Waals surface area contributed by atoms with Crippen LogP contribution in [0.1, 0.15) is 18.1 Å². The first-order valence-electron chi connectivity index (χ1n) is 4.68. The summed E-state index contributed by atoms with van der Waals surface area (Å²) in [6, 6.07) is 1.53. The highest BCUT2D eigenvalue weighted by atomic mass is 16.5. The molecule has 4 N–H and O–H groups in total. The number of methoxy groups -OCH3 is 1. The second-order valence-corrected chi connectivity index (χ2v) is 3.34. The summed E-state index contributed by atoms with van der Waals surface area (Å²) in [6.07, 6.45) is 0.0911. The number of hydrogen-bond acceptors (Lipinski definition) is 5. The number of amides is 1. The van der Waals surface area contributed by atoms with Crippen LogP contribution in [0.5, 0.6) is 5.75 Å². The Morgan fingerprint density at radius 1 is 1.56 bits per heavy atom. The molecule has 0 spiro atoms. The van der Waals surface area contributed by atoms with E-state index in [9.17, 15) is 15.0 Å². The molecule has 0 aliphatic heterocycles. The minimum atomic E-state index is -1.24. The van der Waals surface area contributed by atoms with E-state index >= 15 is 0 Å². The lowest BCUT2D eigenvalue weighted by atomic mass is 10.0. The van der Waals surface area contributed by atoms with Gasteiger partial charge < -0.3 is 20.7 Å². The van der Waals surface area contributed by atoms with E-state index in [1.165, 1.54) is 25.6 Å². The first kappa shape index (κ1) is 12.4. The molecule has 0 saturated carbocycles. The normalized spacial score (nSPS) is 14.2. The second-order valence-electron chi connectivity index (χ2n) is 3.34. The van der Waals surface area contributed by atoms with Crippen LogP contribution >= 0.6 is 0 Å². The average molecular weight is 226 g/mol. The van der Waals surface area contributed by atoms with Crippen molar-refractivity contribution in [1.29, 1.82) is 0 Å². The average Bonchev–Trinajstić information content (AvgIpc) is 2.27. The van der Waals surface area contributed by atoms with Gasteiger partial charge in [-0.05, 0) is 6.07 Å². The predicted octanol–water partition coefficient (Wildman–Crippen LogP) is -0.640. The van der Waals surface area contributed by atoms with E-state index in [0.29, 0.717) is 11.3 Å². The number of rotatable bonds is 5. The van der Waals surface area contributed by atoms with Crippen LogP contribution < -0.4 is 10.5 Å². The zero-order valence-electron chi connectivity index (χ0n) is 8.83. The van der Waals surface area contributed by atoms with E-state index in [2.05, 4.69) is 4.98 Å². The van der Waals surface area contributed by atoms with E-state index in [1.54, 1.807) is 0 Å². The van der Waals surface area contributed by atoms with Crippen molar-refractivity contribution in [3.8, 4) is 5.75 Å². The van der Waals surface area contributed by atoms with E-state index in [1.807, 2.05) is 0 Å². The molecular weight excluding hydrogens is 212 g/mol. The van der Waals surface area contributed by atoms with Gasteiger partial charge in [0.1, 0.15) is 11.9 Å². The van der Waals surface area contributed by atoms with Gasteiger partial charge in [0.25, 0.3) is 0 Å². The van der Waals surface area contributed by atoms with Gasteiger partial charge in [0.05, 0.1) is 25.8 Å². The fourth-order valence-corrected chi connectivity index (χ4v) is 1.25. The molecule has 0 radical (unpaired) electrons. The lowest BCUT2D eigenvalue weighted by Crippen LogP contribution is -2.25. The summed E-state index contributed by atoms with van der Waals surface area (Å²) in [6.45, 7) is 0. The first-order valence-corrected chi connectivity index (χ1v) is 4.68. The molecule has 0 bridgehead atoms. The summed E-state index contributed by atoms with van der Waals surface area (Å²) in [4.78, 5) is 14.4. The third-order valence-corrected chi connectivity index (χ3v) is 2.09. The van der Waals surface area contributed by atoms with Gasteiger partial charge in [-0.2, -0.15) is 0 Å². The standard InChI is InChI=1S/C10H14N2O4/c1-16-7-2-6(4-12-5-7)10(15)8(13)3-9(11)14/h2,4-5,8,10,13,15H,3H2,1H3,(H2,11,14). The van der Waals surface area contributed by atoms with Crippen LogP contribution in [-0.4, -0.2) is 34.3 Å². The maximum atomic E-state index is 10.6. The molecule has 0 aliphatic rings. The van der Waals surface area contributed by atoms with Crippen LogP contribution in [0.3, 0.4) is 0 Å². The smallest absolute Gasteiger partial charge is 0.220 e. The van der Waals surface area contributed by atoms with E-state index in [0.717, 1.165) is 0 Å². The highest BCUT2D eigenvalue weighted by Gasteiger charge is 2.20. The lowest BCUT2D eigenvalue weighted by molar-refractivity contribution is -0.121. The fourth-order valence-electron chi connectivity index (χ4n) is 1.25. The Balaban J connectivity index is 2.78. The largest absolute Gasteiger partial charge is 0.495 e. The van der Waals surface area contributed by atoms with E-state index < -0.39 is 18.1 Å². The Kier molecular flexibility index (Phi) is 4.21. The third-order valence-electron chi connectivity index (χ3n) is 2.09. The van der Waals surface area contributed by atoms with Crippen molar-refractivity contribution in [2.75, 3.05) is 7.11 Å². The van der Waals surface area contributed by atoms with Crippen LogP contribution in [0.4, 0.5) is 0 Å². The molecule has 88 valence electrons. The molecule has 6 heteroatoms.